The van der Waals surface area contributed by atoms with Crippen molar-refractivity contribution in [2.24, 2.45) is 0 Å². The molecule has 0 spiro atoms. The largest absolute Gasteiger partial charge is 0.379 e. The predicted octanol–water partition coefficient (Wildman–Crippen LogP) is 2.11. The maximum Gasteiger partial charge on any atom is 0.0991 e. The van der Waals surface area contributed by atoms with Gasteiger partial charge in [-0.05, 0) is 24.6 Å². The predicted molar refractivity (Wildman–Crippen MR) is 57.3 cm³/mol. The molecule has 80 valence electrons. The molecule has 1 rings (SSSR count). The van der Waals surface area contributed by atoms with E-state index < -0.39 is 0 Å². The Labute approximate surface area is 90.2 Å². The lowest BCUT2D eigenvalue weighted by Crippen LogP contribution is -2.03. The Hall–Kier alpha value is -1.37. The molecule has 0 saturated heterocycles. The third-order valence-corrected chi connectivity index (χ3v) is 1.93. The number of hydrogen-bond donors (Lipinski definition) is 0. The Morgan fingerprint density at radius 2 is 1.80 bits per heavy atom. The molecule has 3 nitrogen and oxygen atoms in total. The zero-order valence-corrected chi connectivity index (χ0v) is 8.90. The fraction of sp³-hybridized carbons (Fsp3) is 0.417. The summed E-state index contributed by atoms with van der Waals surface area (Å²) in [6, 6.07) is 9.47. The van der Waals surface area contributed by atoms with E-state index in [9.17, 15) is 0 Å². The van der Waals surface area contributed by atoms with E-state index in [0.29, 0.717) is 25.4 Å². The van der Waals surface area contributed by atoms with Gasteiger partial charge < -0.3 is 9.47 Å². The van der Waals surface area contributed by atoms with Crippen LogP contribution in [0.3, 0.4) is 0 Å². The molecule has 0 fully saturated rings. The van der Waals surface area contributed by atoms with Gasteiger partial charge in [-0.2, -0.15) is 5.26 Å². The molecule has 1 aromatic carbocycles. The smallest absolute Gasteiger partial charge is 0.0991 e. The average molecular weight is 205 g/mol. The Kier molecular flexibility index (Phi) is 5.46. The number of benzene rings is 1. The van der Waals surface area contributed by atoms with E-state index >= 15 is 0 Å². The molecule has 15 heavy (non-hydrogen) atoms. The van der Waals surface area contributed by atoms with Crippen molar-refractivity contribution in [2.75, 3.05) is 19.8 Å². The molecule has 0 bridgehead atoms. The molecule has 0 saturated carbocycles. The van der Waals surface area contributed by atoms with Gasteiger partial charge in [-0.1, -0.05) is 12.1 Å². The first-order valence-corrected chi connectivity index (χ1v) is 5.01. The fourth-order valence-electron chi connectivity index (χ4n) is 1.13. The van der Waals surface area contributed by atoms with Crippen LogP contribution < -0.4 is 0 Å². The summed E-state index contributed by atoms with van der Waals surface area (Å²) in [5, 5.41) is 8.60. The molecule has 0 amide bonds. The van der Waals surface area contributed by atoms with E-state index in [2.05, 4.69) is 6.07 Å². The van der Waals surface area contributed by atoms with Crippen molar-refractivity contribution in [3.63, 3.8) is 0 Å². The fourth-order valence-corrected chi connectivity index (χ4v) is 1.13. The van der Waals surface area contributed by atoms with Gasteiger partial charge in [0, 0.05) is 6.61 Å². The Bertz CT molecular complexity index is 313. The highest BCUT2D eigenvalue weighted by Gasteiger charge is 1.94. The van der Waals surface area contributed by atoms with E-state index in [1.807, 2.05) is 19.1 Å². The van der Waals surface area contributed by atoms with E-state index in [1.54, 1.807) is 12.1 Å². The average Bonchev–Trinajstić information content (AvgIpc) is 2.30. The van der Waals surface area contributed by atoms with E-state index in [4.69, 9.17) is 14.7 Å². The first-order valence-electron chi connectivity index (χ1n) is 5.01. The van der Waals surface area contributed by atoms with Crippen molar-refractivity contribution in [3.8, 4) is 6.07 Å². The van der Waals surface area contributed by atoms with Gasteiger partial charge in [-0.3, -0.25) is 0 Å². The van der Waals surface area contributed by atoms with Crippen molar-refractivity contribution in [2.45, 2.75) is 13.5 Å². The Balaban J connectivity index is 2.23. The van der Waals surface area contributed by atoms with Crippen LogP contribution in [-0.2, 0) is 16.1 Å². The van der Waals surface area contributed by atoms with E-state index in [0.717, 1.165) is 12.2 Å². The second-order valence-corrected chi connectivity index (χ2v) is 3.06. The van der Waals surface area contributed by atoms with Gasteiger partial charge in [0.25, 0.3) is 0 Å². The van der Waals surface area contributed by atoms with Crippen LogP contribution in [0, 0.1) is 11.3 Å². The van der Waals surface area contributed by atoms with Crippen molar-refractivity contribution < 1.29 is 9.47 Å². The maximum absolute atomic E-state index is 8.60. The quantitative estimate of drug-likeness (QED) is 0.668. The van der Waals surface area contributed by atoms with Crippen molar-refractivity contribution in [3.05, 3.63) is 35.4 Å². The Morgan fingerprint density at radius 3 is 2.40 bits per heavy atom. The lowest BCUT2D eigenvalue weighted by atomic mass is 10.2. The molecule has 0 aliphatic heterocycles. The van der Waals surface area contributed by atoms with Crippen LogP contribution in [0.5, 0.6) is 0 Å². The summed E-state index contributed by atoms with van der Waals surface area (Å²) in [6.45, 7) is 4.49. The summed E-state index contributed by atoms with van der Waals surface area (Å²) >= 11 is 0. The standard InChI is InChI=1S/C12H15NO2/c1-2-14-7-8-15-10-12-5-3-11(9-13)4-6-12/h3-6H,2,7-8,10H2,1H3. The first kappa shape index (κ1) is 11.7. The molecule has 0 atom stereocenters. The summed E-state index contributed by atoms with van der Waals surface area (Å²) in [6.07, 6.45) is 0. The number of nitriles is 1. The third kappa shape index (κ3) is 4.59. The molecule has 0 N–H and O–H groups in total. The highest BCUT2D eigenvalue weighted by molar-refractivity contribution is 5.31. The zero-order chi connectivity index (χ0) is 10.9. The van der Waals surface area contributed by atoms with Crippen LogP contribution in [0.2, 0.25) is 0 Å². The molecular formula is C12H15NO2. The molecule has 0 heterocycles. The van der Waals surface area contributed by atoms with Crippen molar-refractivity contribution in [1.82, 2.24) is 0 Å². The van der Waals surface area contributed by atoms with Gasteiger partial charge in [-0.15, -0.1) is 0 Å². The van der Waals surface area contributed by atoms with Gasteiger partial charge in [0.15, 0.2) is 0 Å². The van der Waals surface area contributed by atoms with Gasteiger partial charge in [0.2, 0.25) is 0 Å². The van der Waals surface area contributed by atoms with Crippen molar-refractivity contribution in [1.29, 1.82) is 5.26 Å². The zero-order valence-electron chi connectivity index (χ0n) is 8.90. The maximum atomic E-state index is 8.60. The molecular weight excluding hydrogens is 190 g/mol. The lowest BCUT2D eigenvalue weighted by molar-refractivity contribution is 0.0453. The summed E-state index contributed by atoms with van der Waals surface area (Å²) in [5.74, 6) is 0. The van der Waals surface area contributed by atoms with Gasteiger partial charge in [-0.25, -0.2) is 0 Å². The van der Waals surface area contributed by atoms with Crippen LogP contribution in [0.15, 0.2) is 24.3 Å². The minimum atomic E-state index is 0.568. The Morgan fingerprint density at radius 1 is 1.13 bits per heavy atom. The van der Waals surface area contributed by atoms with Gasteiger partial charge in [0.05, 0.1) is 31.5 Å². The van der Waals surface area contributed by atoms with Crippen LogP contribution in [0.1, 0.15) is 18.1 Å². The monoisotopic (exact) mass is 205 g/mol. The third-order valence-electron chi connectivity index (χ3n) is 1.93. The second-order valence-electron chi connectivity index (χ2n) is 3.06. The van der Waals surface area contributed by atoms with E-state index in [-0.39, 0.29) is 0 Å². The molecule has 0 radical (unpaired) electrons. The first-order chi connectivity index (χ1) is 7.36. The lowest BCUT2D eigenvalue weighted by Gasteiger charge is -2.04. The van der Waals surface area contributed by atoms with Crippen LogP contribution in [0.4, 0.5) is 0 Å². The molecule has 0 unspecified atom stereocenters. The molecule has 3 heteroatoms. The summed E-state index contributed by atoms with van der Waals surface area (Å²) in [7, 11) is 0. The SMILES string of the molecule is CCOCCOCc1ccc(C#N)cc1. The molecule has 1 aromatic rings. The highest BCUT2D eigenvalue weighted by Crippen LogP contribution is 2.04. The molecule has 0 aliphatic rings. The van der Waals surface area contributed by atoms with Gasteiger partial charge >= 0.3 is 0 Å². The number of nitrogens with zero attached hydrogens (tertiary/aromatic N) is 1. The normalized spacial score (nSPS) is 9.87. The van der Waals surface area contributed by atoms with E-state index in [1.165, 1.54) is 0 Å². The second kappa shape index (κ2) is 6.99. The van der Waals surface area contributed by atoms with Gasteiger partial charge in [0.1, 0.15) is 0 Å². The number of hydrogen-bond acceptors (Lipinski definition) is 3. The summed E-state index contributed by atoms with van der Waals surface area (Å²) < 4.78 is 10.5. The molecule has 0 aromatic heterocycles. The van der Waals surface area contributed by atoms with Crippen molar-refractivity contribution >= 4 is 0 Å². The van der Waals surface area contributed by atoms with Crippen LogP contribution in [0.25, 0.3) is 0 Å². The topological polar surface area (TPSA) is 42.2 Å². The minimum absolute atomic E-state index is 0.568. The summed E-state index contributed by atoms with van der Waals surface area (Å²) in [5.41, 5.74) is 1.75. The van der Waals surface area contributed by atoms with Crippen LogP contribution >= 0.6 is 0 Å². The number of rotatable bonds is 6. The van der Waals surface area contributed by atoms with Crippen LogP contribution in [-0.4, -0.2) is 19.8 Å². The number of ether oxygens (including phenoxy) is 2. The minimum Gasteiger partial charge on any atom is -0.379 e. The summed E-state index contributed by atoms with van der Waals surface area (Å²) in [4.78, 5) is 0. The highest BCUT2D eigenvalue weighted by atomic mass is 16.5. The molecule has 0 aliphatic carbocycles.